The lowest BCUT2D eigenvalue weighted by molar-refractivity contribution is 0.396. The van der Waals surface area contributed by atoms with Crippen LogP contribution in [0.2, 0.25) is 0 Å². The molecule has 19 heavy (non-hydrogen) atoms. The zero-order chi connectivity index (χ0) is 13.8. The zero-order valence-corrected chi connectivity index (χ0v) is 10.2. The third-order valence-corrected chi connectivity index (χ3v) is 2.80. The lowest BCUT2D eigenvalue weighted by Crippen LogP contribution is -2.30. The molecule has 6 heteroatoms. The summed E-state index contributed by atoms with van der Waals surface area (Å²) in [5.74, 6) is 4.63. The molecule has 0 fully saturated rings. The highest BCUT2D eigenvalue weighted by Gasteiger charge is 2.23. The van der Waals surface area contributed by atoms with Gasteiger partial charge in [0.15, 0.2) is 0 Å². The van der Waals surface area contributed by atoms with E-state index in [1.165, 1.54) is 31.5 Å². The number of hydrogen-bond acceptors (Lipinski definition) is 4. The van der Waals surface area contributed by atoms with Crippen molar-refractivity contribution in [2.75, 3.05) is 7.11 Å². The number of hydrazine groups is 1. The molecule has 0 saturated carbocycles. The van der Waals surface area contributed by atoms with Crippen LogP contribution in [0.1, 0.15) is 17.2 Å². The Bertz CT molecular complexity index is 578. The predicted molar refractivity (Wildman–Crippen MR) is 66.3 cm³/mol. The highest BCUT2D eigenvalue weighted by molar-refractivity contribution is 5.42. The normalized spacial score (nSPS) is 12.2. The maximum atomic E-state index is 14.0. The van der Waals surface area contributed by atoms with E-state index in [9.17, 15) is 8.78 Å². The molecule has 0 aliphatic carbocycles. The number of nitrogens with zero attached hydrogens (tertiary/aromatic N) is 1. The molecule has 0 spiro atoms. The maximum absolute atomic E-state index is 14.0. The Morgan fingerprint density at radius 1 is 1.26 bits per heavy atom. The fourth-order valence-corrected chi connectivity index (χ4v) is 1.92. The van der Waals surface area contributed by atoms with Gasteiger partial charge in [0.05, 0.1) is 24.9 Å². The number of benzene rings is 1. The SMILES string of the molecule is COc1cccc(F)c1C(NN)c1ccncc1F. The molecule has 2 aromatic rings. The Balaban J connectivity index is 2.58. The molecule has 0 aliphatic heterocycles. The van der Waals surface area contributed by atoms with Crippen LogP contribution in [0.25, 0.3) is 0 Å². The number of halogens is 2. The van der Waals surface area contributed by atoms with Gasteiger partial charge in [0.1, 0.15) is 17.4 Å². The lowest BCUT2D eigenvalue weighted by atomic mass is 9.98. The van der Waals surface area contributed by atoms with Gasteiger partial charge in [0.2, 0.25) is 0 Å². The first-order valence-electron chi connectivity index (χ1n) is 5.57. The summed E-state index contributed by atoms with van der Waals surface area (Å²) >= 11 is 0. The highest BCUT2D eigenvalue weighted by Crippen LogP contribution is 2.32. The molecule has 1 atom stereocenters. The van der Waals surface area contributed by atoms with Crippen LogP contribution < -0.4 is 16.0 Å². The first kappa shape index (κ1) is 13.4. The summed E-state index contributed by atoms with van der Waals surface area (Å²) in [5, 5.41) is 0. The van der Waals surface area contributed by atoms with Crippen LogP contribution in [-0.4, -0.2) is 12.1 Å². The minimum Gasteiger partial charge on any atom is -0.496 e. The molecular weight excluding hydrogens is 252 g/mol. The summed E-state index contributed by atoms with van der Waals surface area (Å²) in [7, 11) is 1.41. The Kier molecular flexibility index (Phi) is 4.03. The lowest BCUT2D eigenvalue weighted by Gasteiger charge is -2.20. The minimum atomic E-state index is -0.862. The molecule has 1 aromatic heterocycles. The molecule has 1 aromatic carbocycles. The molecule has 4 nitrogen and oxygen atoms in total. The van der Waals surface area contributed by atoms with Gasteiger partial charge >= 0.3 is 0 Å². The van der Waals surface area contributed by atoms with E-state index >= 15 is 0 Å². The van der Waals surface area contributed by atoms with Crippen molar-refractivity contribution in [3.63, 3.8) is 0 Å². The van der Waals surface area contributed by atoms with Crippen molar-refractivity contribution in [3.05, 3.63) is 59.4 Å². The molecule has 100 valence electrons. The van der Waals surface area contributed by atoms with Crippen LogP contribution in [0, 0.1) is 11.6 Å². The van der Waals surface area contributed by atoms with Crippen molar-refractivity contribution in [2.24, 2.45) is 5.84 Å². The molecule has 1 unspecified atom stereocenters. The molecule has 0 saturated heterocycles. The number of hydrogen-bond donors (Lipinski definition) is 2. The number of nitrogens with two attached hydrogens (primary N) is 1. The average molecular weight is 265 g/mol. The second kappa shape index (κ2) is 5.73. The van der Waals surface area contributed by atoms with E-state index in [4.69, 9.17) is 10.6 Å². The second-order valence-electron chi connectivity index (χ2n) is 3.85. The van der Waals surface area contributed by atoms with Crippen LogP contribution in [0.4, 0.5) is 8.78 Å². The van der Waals surface area contributed by atoms with Gasteiger partial charge in [-0.15, -0.1) is 0 Å². The first-order chi connectivity index (χ1) is 9.19. The van der Waals surface area contributed by atoms with Gasteiger partial charge in [0, 0.05) is 11.8 Å². The van der Waals surface area contributed by atoms with Crippen LogP contribution in [0.15, 0.2) is 36.7 Å². The Hall–Kier alpha value is -2.05. The Labute approximate surface area is 109 Å². The van der Waals surface area contributed by atoms with E-state index in [0.29, 0.717) is 5.75 Å². The fraction of sp³-hybridized carbons (Fsp3) is 0.154. The maximum Gasteiger partial charge on any atom is 0.146 e. The smallest absolute Gasteiger partial charge is 0.146 e. The zero-order valence-electron chi connectivity index (χ0n) is 10.2. The predicted octanol–water partition coefficient (Wildman–Crippen LogP) is 1.92. The first-order valence-corrected chi connectivity index (χ1v) is 5.57. The molecule has 1 heterocycles. The van der Waals surface area contributed by atoms with Crippen LogP contribution in [0.3, 0.4) is 0 Å². The molecule has 3 N–H and O–H groups in total. The van der Waals surface area contributed by atoms with Gasteiger partial charge in [-0.3, -0.25) is 10.8 Å². The van der Waals surface area contributed by atoms with Gasteiger partial charge in [-0.05, 0) is 18.2 Å². The van der Waals surface area contributed by atoms with Gasteiger partial charge < -0.3 is 4.74 Å². The van der Waals surface area contributed by atoms with E-state index in [1.807, 2.05) is 0 Å². The van der Waals surface area contributed by atoms with Crippen molar-refractivity contribution in [1.82, 2.24) is 10.4 Å². The Morgan fingerprint density at radius 3 is 2.68 bits per heavy atom. The van der Waals surface area contributed by atoms with Crippen molar-refractivity contribution in [3.8, 4) is 5.75 Å². The summed E-state index contributed by atoms with van der Waals surface area (Å²) < 4.78 is 32.8. The summed E-state index contributed by atoms with van der Waals surface area (Å²) in [5.41, 5.74) is 2.75. The standard InChI is InChI=1S/C13H13F2N3O/c1-19-11-4-2-3-9(14)12(11)13(18-16)8-5-6-17-7-10(8)15/h2-7,13,18H,16H2,1H3. The van der Waals surface area contributed by atoms with Gasteiger partial charge in [-0.2, -0.15) is 0 Å². The number of rotatable bonds is 4. The number of pyridine rings is 1. The van der Waals surface area contributed by atoms with Gasteiger partial charge in [-0.25, -0.2) is 14.2 Å². The second-order valence-corrected chi connectivity index (χ2v) is 3.85. The summed E-state index contributed by atoms with van der Waals surface area (Å²) in [6.45, 7) is 0. The van der Waals surface area contributed by atoms with Crippen LogP contribution in [-0.2, 0) is 0 Å². The Morgan fingerprint density at radius 2 is 2.05 bits per heavy atom. The molecule has 0 amide bonds. The van der Waals surface area contributed by atoms with Crippen LogP contribution in [0.5, 0.6) is 5.75 Å². The van der Waals surface area contributed by atoms with Crippen molar-refractivity contribution in [2.45, 2.75) is 6.04 Å². The highest BCUT2D eigenvalue weighted by atomic mass is 19.1. The quantitative estimate of drug-likeness (QED) is 0.655. The van der Waals surface area contributed by atoms with E-state index < -0.39 is 17.7 Å². The topological polar surface area (TPSA) is 60.2 Å². The number of methoxy groups -OCH3 is 1. The molecule has 2 rings (SSSR count). The van der Waals surface area contributed by atoms with Gasteiger partial charge in [0.25, 0.3) is 0 Å². The minimum absolute atomic E-state index is 0.151. The largest absolute Gasteiger partial charge is 0.496 e. The average Bonchev–Trinajstić information content (AvgIpc) is 2.43. The number of nitrogens with one attached hydrogen (secondary N) is 1. The molecule has 0 aliphatic rings. The fourth-order valence-electron chi connectivity index (χ4n) is 1.92. The molecular formula is C13H13F2N3O. The van der Waals surface area contributed by atoms with Gasteiger partial charge in [-0.1, -0.05) is 6.07 Å². The third-order valence-electron chi connectivity index (χ3n) is 2.80. The molecule has 0 radical (unpaired) electrons. The third kappa shape index (κ3) is 2.54. The summed E-state index contributed by atoms with van der Waals surface area (Å²) in [6, 6.07) is 4.93. The van der Waals surface area contributed by atoms with Crippen molar-refractivity contribution < 1.29 is 13.5 Å². The van der Waals surface area contributed by atoms with Crippen molar-refractivity contribution in [1.29, 1.82) is 0 Å². The van der Waals surface area contributed by atoms with Crippen molar-refractivity contribution >= 4 is 0 Å². The van der Waals surface area contributed by atoms with Crippen LogP contribution >= 0.6 is 0 Å². The number of aromatic nitrogens is 1. The molecule has 0 bridgehead atoms. The van der Waals surface area contributed by atoms with E-state index in [0.717, 1.165) is 6.20 Å². The van der Waals surface area contributed by atoms with E-state index in [1.54, 1.807) is 6.07 Å². The summed E-state index contributed by atoms with van der Waals surface area (Å²) in [4.78, 5) is 3.65. The summed E-state index contributed by atoms with van der Waals surface area (Å²) in [6.07, 6.45) is 2.46. The monoisotopic (exact) mass is 265 g/mol. The van der Waals surface area contributed by atoms with E-state index in [-0.39, 0.29) is 11.1 Å². The number of ether oxygens (including phenoxy) is 1. The van der Waals surface area contributed by atoms with E-state index in [2.05, 4.69) is 10.4 Å².